The highest BCUT2D eigenvalue weighted by Gasteiger charge is 2.06. The number of hydrogen-bond acceptors (Lipinski definition) is 2. The fourth-order valence-electron chi connectivity index (χ4n) is 1.03. The summed E-state index contributed by atoms with van der Waals surface area (Å²) in [5.41, 5.74) is 0.226. The van der Waals surface area contributed by atoms with Crippen molar-refractivity contribution in [3.8, 4) is 17.6 Å². The van der Waals surface area contributed by atoms with Crippen LogP contribution in [0.4, 0.5) is 13.2 Å². The zero-order chi connectivity index (χ0) is 12.0. The van der Waals surface area contributed by atoms with E-state index in [-0.39, 0.29) is 24.3 Å². The molecule has 0 heterocycles. The molecule has 0 amide bonds. The molecule has 0 radical (unpaired) electrons. The molecule has 0 spiro atoms. The molecule has 0 saturated carbocycles. The average molecular weight is 230 g/mol. The molecule has 16 heavy (non-hydrogen) atoms. The number of hydrogen-bond donors (Lipinski definition) is 1. The van der Waals surface area contributed by atoms with E-state index in [4.69, 9.17) is 5.11 Å². The smallest absolute Gasteiger partial charge is 0.387 e. The normalized spacial score (nSPS) is 9.81. The molecule has 0 aliphatic rings. The van der Waals surface area contributed by atoms with Gasteiger partial charge in [0.2, 0.25) is 0 Å². The van der Waals surface area contributed by atoms with Gasteiger partial charge in [0.15, 0.2) is 0 Å². The van der Waals surface area contributed by atoms with Crippen LogP contribution in [0.2, 0.25) is 0 Å². The lowest BCUT2D eigenvalue weighted by atomic mass is 10.2. The van der Waals surface area contributed by atoms with Crippen molar-refractivity contribution < 1.29 is 23.0 Å². The van der Waals surface area contributed by atoms with Crippen LogP contribution in [0.3, 0.4) is 0 Å². The summed E-state index contributed by atoms with van der Waals surface area (Å²) in [5, 5.41) is 8.47. The molecular formula is C11H9F3O2. The van der Waals surface area contributed by atoms with Crippen LogP contribution < -0.4 is 4.74 Å². The minimum absolute atomic E-state index is 0.108. The Kier molecular flexibility index (Phi) is 4.67. The molecule has 0 aliphatic heterocycles. The molecule has 0 aromatic heterocycles. The number of rotatable bonds is 3. The predicted molar refractivity (Wildman–Crippen MR) is 51.6 cm³/mol. The van der Waals surface area contributed by atoms with Gasteiger partial charge in [-0.05, 0) is 12.1 Å². The van der Waals surface area contributed by atoms with Gasteiger partial charge in [0.1, 0.15) is 11.6 Å². The molecule has 0 aliphatic carbocycles. The number of benzene rings is 1. The van der Waals surface area contributed by atoms with E-state index in [1.807, 2.05) is 0 Å². The minimum Gasteiger partial charge on any atom is -0.435 e. The summed E-state index contributed by atoms with van der Waals surface area (Å²) in [7, 11) is 0. The quantitative estimate of drug-likeness (QED) is 0.806. The maximum atomic E-state index is 12.9. The van der Waals surface area contributed by atoms with Crippen molar-refractivity contribution >= 4 is 0 Å². The van der Waals surface area contributed by atoms with E-state index in [1.54, 1.807) is 0 Å². The summed E-state index contributed by atoms with van der Waals surface area (Å²) in [6, 6.07) is 3.16. The van der Waals surface area contributed by atoms with Crippen LogP contribution in [0.5, 0.6) is 5.75 Å². The lowest BCUT2D eigenvalue weighted by molar-refractivity contribution is -0.0500. The van der Waals surface area contributed by atoms with Gasteiger partial charge in [-0.1, -0.05) is 11.8 Å². The van der Waals surface area contributed by atoms with Gasteiger partial charge in [0.05, 0.1) is 6.61 Å². The summed E-state index contributed by atoms with van der Waals surface area (Å²) in [5.74, 6) is 4.10. The van der Waals surface area contributed by atoms with Crippen LogP contribution in [0.25, 0.3) is 0 Å². The van der Waals surface area contributed by atoms with Crippen LogP contribution >= 0.6 is 0 Å². The topological polar surface area (TPSA) is 29.5 Å². The molecule has 2 nitrogen and oxygen atoms in total. The molecule has 86 valence electrons. The Morgan fingerprint density at radius 3 is 2.69 bits per heavy atom. The van der Waals surface area contributed by atoms with Crippen molar-refractivity contribution in [1.82, 2.24) is 0 Å². The van der Waals surface area contributed by atoms with Crippen molar-refractivity contribution in [2.75, 3.05) is 6.61 Å². The molecular weight excluding hydrogens is 221 g/mol. The third-order valence-electron chi connectivity index (χ3n) is 1.57. The molecule has 1 aromatic carbocycles. The summed E-state index contributed by atoms with van der Waals surface area (Å²) < 4.78 is 40.8. The first kappa shape index (κ1) is 12.4. The molecule has 0 unspecified atom stereocenters. The van der Waals surface area contributed by atoms with Gasteiger partial charge < -0.3 is 9.84 Å². The van der Waals surface area contributed by atoms with E-state index in [9.17, 15) is 13.2 Å². The van der Waals surface area contributed by atoms with Gasteiger partial charge in [0.25, 0.3) is 0 Å². The van der Waals surface area contributed by atoms with Crippen molar-refractivity contribution in [1.29, 1.82) is 0 Å². The Balaban J connectivity index is 2.86. The highest BCUT2D eigenvalue weighted by Crippen LogP contribution is 2.17. The van der Waals surface area contributed by atoms with Gasteiger partial charge in [-0.25, -0.2) is 4.39 Å². The van der Waals surface area contributed by atoms with Crippen molar-refractivity contribution in [2.45, 2.75) is 13.0 Å². The highest BCUT2D eigenvalue weighted by atomic mass is 19.3. The maximum absolute atomic E-state index is 12.9. The van der Waals surface area contributed by atoms with Crippen LogP contribution in [0.1, 0.15) is 12.0 Å². The van der Waals surface area contributed by atoms with Crippen LogP contribution in [0, 0.1) is 17.7 Å². The highest BCUT2D eigenvalue weighted by molar-refractivity contribution is 5.40. The Hall–Kier alpha value is -1.67. The molecule has 1 aromatic rings. The number of aliphatic hydroxyl groups excluding tert-OH is 1. The fraction of sp³-hybridized carbons (Fsp3) is 0.273. The van der Waals surface area contributed by atoms with E-state index < -0.39 is 12.4 Å². The van der Waals surface area contributed by atoms with Gasteiger partial charge >= 0.3 is 6.61 Å². The van der Waals surface area contributed by atoms with Crippen LogP contribution in [0.15, 0.2) is 18.2 Å². The monoisotopic (exact) mass is 230 g/mol. The number of ether oxygens (including phenoxy) is 1. The number of alkyl halides is 2. The van der Waals surface area contributed by atoms with E-state index in [0.29, 0.717) is 0 Å². The van der Waals surface area contributed by atoms with Crippen molar-refractivity contribution in [2.24, 2.45) is 0 Å². The van der Waals surface area contributed by atoms with Gasteiger partial charge in [-0.2, -0.15) is 8.78 Å². The van der Waals surface area contributed by atoms with Crippen LogP contribution in [-0.4, -0.2) is 18.3 Å². The predicted octanol–water partition coefficient (Wildman–Crippen LogP) is 2.16. The Morgan fingerprint density at radius 2 is 2.06 bits per heavy atom. The second kappa shape index (κ2) is 6.03. The Morgan fingerprint density at radius 1 is 1.31 bits per heavy atom. The summed E-state index contributed by atoms with van der Waals surface area (Å²) in [6.07, 6.45) is 0.238. The molecule has 0 saturated heterocycles. The summed E-state index contributed by atoms with van der Waals surface area (Å²) >= 11 is 0. The first-order valence-corrected chi connectivity index (χ1v) is 4.47. The van der Waals surface area contributed by atoms with Gasteiger partial charge in [-0.3, -0.25) is 0 Å². The number of halogens is 3. The van der Waals surface area contributed by atoms with E-state index in [2.05, 4.69) is 16.6 Å². The second-order valence-corrected chi connectivity index (χ2v) is 2.83. The van der Waals surface area contributed by atoms with Gasteiger partial charge in [0, 0.05) is 18.1 Å². The fourth-order valence-corrected chi connectivity index (χ4v) is 1.03. The Labute approximate surface area is 90.7 Å². The van der Waals surface area contributed by atoms with E-state index in [1.165, 1.54) is 6.07 Å². The zero-order valence-corrected chi connectivity index (χ0v) is 8.21. The first-order valence-electron chi connectivity index (χ1n) is 4.47. The standard InChI is InChI=1S/C11H9F3O2/c12-9-5-8(3-1-2-4-15)6-10(7-9)16-11(13)14/h5-7,11,15H,2,4H2. The molecule has 0 bridgehead atoms. The third-order valence-corrected chi connectivity index (χ3v) is 1.57. The maximum Gasteiger partial charge on any atom is 0.387 e. The zero-order valence-electron chi connectivity index (χ0n) is 8.21. The molecule has 5 heteroatoms. The van der Waals surface area contributed by atoms with E-state index >= 15 is 0 Å². The average Bonchev–Trinajstić information content (AvgIpc) is 2.16. The lowest BCUT2D eigenvalue weighted by Gasteiger charge is -2.04. The van der Waals surface area contributed by atoms with Gasteiger partial charge in [-0.15, -0.1) is 0 Å². The second-order valence-electron chi connectivity index (χ2n) is 2.83. The van der Waals surface area contributed by atoms with Crippen molar-refractivity contribution in [3.63, 3.8) is 0 Å². The molecule has 1 N–H and O–H groups in total. The molecule has 0 atom stereocenters. The van der Waals surface area contributed by atoms with Crippen LogP contribution in [-0.2, 0) is 0 Å². The lowest BCUT2D eigenvalue weighted by Crippen LogP contribution is -2.02. The Bertz CT molecular complexity index is 407. The number of aliphatic hydroxyl groups is 1. The first-order chi connectivity index (χ1) is 7.61. The van der Waals surface area contributed by atoms with Crippen molar-refractivity contribution in [3.05, 3.63) is 29.6 Å². The molecule has 1 rings (SSSR count). The summed E-state index contributed by atoms with van der Waals surface area (Å²) in [4.78, 5) is 0. The minimum atomic E-state index is -3.00. The molecule has 0 fully saturated rings. The largest absolute Gasteiger partial charge is 0.435 e. The summed E-state index contributed by atoms with van der Waals surface area (Å²) in [6.45, 7) is -3.11. The SMILES string of the molecule is OCCC#Cc1cc(F)cc(OC(F)F)c1. The van der Waals surface area contributed by atoms with E-state index in [0.717, 1.165) is 12.1 Å². The third kappa shape index (κ3) is 4.24.